The monoisotopic (exact) mass is 335 g/mol. The number of aromatic hydroxyl groups is 2. The van der Waals surface area contributed by atoms with Gasteiger partial charge in [-0.15, -0.1) is 4.73 Å². The van der Waals surface area contributed by atoms with E-state index in [9.17, 15) is 19.8 Å². The minimum absolute atomic E-state index is 0.261. The van der Waals surface area contributed by atoms with E-state index in [1.54, 1.807) is 30.3 Å². The predicted molar refractivity (Wildman–Crippen MR) is 81.4 cm³/mol. The van der Waals surface area contributed by atoms with E-state index in [2.05, 4.69) is 4.84 Å². The number of aromatic nitrogens is 1. The number of carbonyl (C=O) groups excluding carboxylic acids is 2. The van der Waals surface area contributed by atoms with E-state index in [0.717, 1.165) is 12.1 Å². The maximum absolute atomic E-state index is 12.0. The van der Waals surface area contributed by atoms with Crippen molar-refractivity contribution < 1.29 is 34.1 Å². The van der Waals surface area contributed by atoms with Gasteiger partial charge in [-0.1, -0.05) is 25.1 Å². The topological polar surface area (TPSA) is 107 Å². The van der Waals surface area contributed by atoms with Crippen LogP contribution in [0, 0.1) is 0 Å². The predicted octanol–water partition coefficient (Wildman–Crippen LogP) is 2.45. The van der Waals surface area contributed by atoms with Gasteiger partial charge in [-0.2, -0.15) is 0 Å². The Morgan fingerprint density at radius 2 is 1.67 bits per heavy atom. The van der Waals surface area contributed by atoms with Crippen LogP contribution in [0.4, 0.5) is 4.79 Å². The second kappa shape index (κ2) is 7.91. The summed E-state index contributed by atoms with van der Waals surface area (Å²) in [4.78, 5) is 28.4. The van der Waals surface area contributed by atoms with Gasteiger partial charge >= 0.3 is 12.1 Å². The lowest BCUT2D eigenvalue weighted by molar-refractivity contribution is -0.0981. The van der Waals surface area contributed by atoms with E-state index in [1.807, 2.05) is 6.92 Å². The molecule has 1 unspecified atom stereocenters. The van der Waals surface area contributed by atoms with Gasteiger partial charge in [0.05, 0.1) is 5.56 Å². The van der Waals surface area contributed by atoms with E-state index in [1.165, 1.54) is 0 Å². The van der Waals surface area contributed by atoms with Crippen molar-refractivity contribution in [2.45, 2.75) is 26.1 Å². The Bertz CT molecular complexity index is 676. The van der Waals surface area contributed by atoms with Crippen molar-refractivity contribution in [1.29, 1.82) is 0 Å². The fourth-order valence-electron chi connectivity index (χ4n) is 1.84. The number of carbonyl (C=O) groups is 2. The van der Waals surface area contributed by atoms with Gasteiger partial charge in [-0.25, -0.2) is 9.59 Å². The quantitative estimate of drug-likeness (QED) is 0.616. The molecular formula is C16H17NO7. The Morgan fingerprint density at radius 1 is 1.04 bits per heavy atom. The Kier molecular flexibility index (Phi) is 5.67. The van der Waals surface area contributed by atoms with Gasteiger partial charge in [0.15, 0.2) is 0 Å². The van der Waals surface area contributed by atoms with Crippen molar-refractivity contribution in [2.24, 2.45) is 0 Å². The molecule has 0 saturated heterocycles. The van der Waals surface area contributed by atoms with Crippen molar-refractivity contribution in [2.75, 3.05) is 0 Å². The maximum Gasteiger partial charge on any atom is 0.537 e. The molecule has 1 atom stereocenters. The lowest BCUT2D eigenvalue weighted by Crippen LogP contribution is -2.29. The standard InChI is InChI=1S/C16H17NO7/c1-2-6-14(22-15(20)11-7-4-3-5-8-11)23-16(21)24-17-12(18)9-10-13(17)19/h3-5,7-10,14,18-19H,2,6H2,1H3. The van der Waals surface area contributed by atoms with Gasteiger partial charge in [0.25, 0.3) is 6.29 Å². The van der Waals surface area contributed by atoms with E-state index < -0.39 is 30.2 Å². The van der Waals surface area contributed by atoms with Crippen LogP contribution in [0.2, 0.25) is 0 Å². The summed E-state index contributed by atoms with van der Waals surface area (Å²) >= 11 is 0. The molecule has 0 aliphatic carbocycles. The highest BCUT2D eigenvalue weighted by atomic mass is 16.9. The first-order valence-electron chi connectivity index (χ1n) is 7.26. The van der Waals surface area contributed by atoms with Gasteiger partial charge in [0.2, 0.25) is 11.8 Å². The second-order valence-corrected chi connectivity index (χ2v) is 4.79. The molecule has 0 radical (unpaired) electrons. The average molecular weight is 335 g/mol. The number of hydrogen-bond donors (Lipinski definition) is 2. The summed E-state index contributed by atoms with van der Waals surface area (Å²) < 4.78 is 10.5. The molecule has 2 N–H and O–H groups in total. The molecule has 128 valence electrons. The van der Waals surface area contributed by atoms with Crippen LogP contribution in [0.5, 0.6) is 11.8 Å². The number of rotatable bonds is 6. The van der Waals surface area contributed by atoms with Crippen LogP contribution >= 0.6 is 0 Å². The van der Waals surface area contributed by atoms with Crippen LogP contribution in [-0.4, -0.2) is 33.4 Å². The number of hydrogen-bond acceptors (Lipinski definition) is 7. The Labute approximate surface area is 137 Å². The van der Waals surface area contributed by atoms with E-state index >= 15 is 0 Å². The summed E-state index contributed by atoms with van der Waals surface area (Å²) in [7, 11) is 0. The molecule has 0 spiro atoms. The van der Waals surface area contributed by atoms with Crippen LogP contribution in [0.1, 0.15) is 30.1 Å². The first-order chi connectivity index (χ1) is 11.5. The molecule has 2 rings (SSSR count). The highest BCUT2D eigenvalue weighted by Crippen LogP contribution is 2.19. The van der Waals surface area contributed by atoms with Crippen molar-refractivity contribution >= 4 is 12.1 Å². The zero-order valence-corrected chi connectivity index (χ0v) is 12.9. The van der Waals surface area contributed by atoms with Gasteiger partial charge in [0, 0.05) is 18.6 Å². The van der Waals surface area contributed by atoms with Crippen LogP contribution in [0.25, 0.3) is 0 Å². The molecule has 0 bridgehead atoms. The molecule has 8 nitrogen and oxygen atoms in total. The summed E-state index contributed by atoms with van der Waals surface area (Å²) in [5, 5.41) is 18.8. The van der Waals surface area contributed by atoms with Gasteiger partial charge in [0.1, 0.15) is 0 Å². The highest BCUT2D eigenvalue weighted by molar-refractivity contribution is 5.89. The van der Waals surface area contributed by atoms with Gasteiger partial charge in [-0.3, -0.25) is 4.84 Å². The van der Waals surface area contributed by atoms with E-state index in [0.29, 0.717) is 16.7 Å². The zero-order valence-electron chi connectivity index (χ0n) is 12.9. The molecule has 0 fully saturated rings. The first-order valence-corrected chi connectivity index (χ1v) is 7.26. The van der Waals surface area contributed by atoms with Crippen molar-refractivity contribution in [3.8, 4) is 11.8 Å². The molecule has 0 aliphatic rings. The van der Waals surface area contributed by atoms with E-state index in [-0.39, 0.29) is 6.42 Å². The van der Waals surface area contributed by atoms with Crippen LogP contribution in [0.3, 0.4) is 0 Å². The minimum Gasteiger partial charge on any atom is -0.492 e. The summed E-state index contributed by atoms with van der Waals surface area (Å²) in [5.41, 5.74) is 0.316. The maximum atomic E-state index is 12.0. The van der Waals surface area contributed by atoms with Gasteiger partial charge in [-0.05, 0) is 18.6 Å². The molecular weight excluding hydrogens is 318 g/mol. The molecule has 1 aromatic heterocycles. The zero-order chi connectivity index (χ0) is 17.5. The molecule has 0 amide bonds. The molecule has 24 heavy (non-hydrogen) atoms. The normalized spacial score (nSPS) is 11.5. The molecule has 0 aliphatic heterocycles. The van der Waals surface area contributed by atoms with Crippen molar-refractivity contribution in [3.63, 3.8) is 0 Å². The third-order valence-electron chi connectivity index (χ3n) is 2.96. The lowest BCUT2D eigenvalue weighted by atomic mass is 10.2. The largest absolute Gasteiger partial charge is 0.537 e. The second-order valence-electron chi connectivity index (χ2n) is 4.79. The van der Waals surface area contributed by atoms with Crippen molar-refractivity contribution in [1.82, 2.24) is 4.73 Å². The first kappa shape index (κ1) is 17.2. The number of benzene rings is 1. The Morgan fingerprint density at radius 3 is 2.25 bits per heavy atom. The lowest BCUT2D eigenvalue weighted by Gasteiger charge is -2.17. The average Bonchev–Trinajstić information content (AvgIpc) is 2.87. The SMILES string of the molecule is CCCC(OC(=O)On1c(O)ccc1O)OC(=O)c1ccccc1. The summed E-state index contributed by atoms with van der Waals surface area (Å²) in [5.74, 6) is -1.62. The number of ether oxygens (including phenoxy) is 2. The minimum atomic E-state index is -1.24. The number of esters is 1. The van der Waals surface area contributed by atoms with Crippen LogP contribution < -0.4 is 4.84 Å². The molecule has 2 aromatic rings. The Balaban J connectivity index is 1.97. The molecule has 0 saturated carbocycles. The van der Waals surface area contributed by atoms with Crippen LogP contribution in [0.15, 0.2) is 42.5 Å². The summed E-state index contributed by atoms with van der Waals surface area (Å²) in [6.07, 6.45) is -1.55. The smallest absolute Gasteiger partial charge is 0.492 e. The van der Waals surface area contributed by atoms with Crippen LogP contribution in [-0.2, 0) is 9.47 Å². The Hall–Kier alpha value is -3.16. The van der Waals surface area contributed by atoms with E-state index in [4.69, 9.17) is 9.47 Å². The molecule has 1 aromatic carbocycles. The number of nitrogens with zero attached hydrogens (tertiary/aromatic N) is 1. The van der Waals surface area contributed by atoms with Crippen molar-refractivity contribution in [3.05, 3.63) is 48.0 Å². The summed E-state index contributed by atoms with van der Waals surface area (Å²) in [6.45, 7) is 1.82. The fourth-order valence-corrected chi connectivity index (χ4v) is 1.84. The third-order valence-corrected chi connectivity index (χ3v) is 2.96. The molecule has 1 heterocycles. The highest BCUT2D eigenvalue weighted by Gasteiger charge is 2.22. The fraction of sp³-hybridized carbons (Fsp3) is 0.250. The van der Waals surface area contributed by atoms with Gasteiger partial charge < -0.3 is 19.7 Å². The third kappa shape index (κ3) is 4.42. The molecule has 8 heteroatoms. The summed E-state index contributed by atoms with van der Waals surface area (Å²) in [6, 6.07) is 10.5.